The maximum Gasteiger partial charge on any atom is 0.252 e. The molecule has 11 rings (SSSR count). The molecule has 2 heterocycles. The largest absolute Gasteiger partial charge is 0.311 e. The predicted molar refractivity (Wildman–Crippen MR) is 322 cm³/mol. The third kappa shape index (κ3) is 8.60. The summed E-state index contributed by atoms with van der Waals surface area (Å²) < 4.78 is 0. The Labute approximate surface area is 442 Å². The van der Waals surface area contributed by atoms with E-state index in [9.17, 15) is 0 Å². The second kappa shape index (κ2) is 17.7. The number of nitrogens with zero attached hydrogens (tertiary/aromatic N) is 3. The van der Waals surface area contributed by atoms with Crippen LogP contribution in [0.2, 0.25) is 0 Å². The molecule has 0 spiro atoms. The molecule has 0 bridgehead atoms. The lowest BCUT2D eigenvalue weighted by molar-refractivity contribution is 0.590. The summed E-state index contributed by atoms with van der Waals surface area (Å²) in [7, 11) is 0. The van der Waals surface area contributed by atoms with Crippen molar-refractivity contribution in [3.05, 3.63) is 215 Å². The van der Waals surface area contributed by atoms with Crippen LogP contribution in [-0.2, 0) is 21.7 Å². The molecule has 0 saturated carbocycles. The van der Waals surface area contributed by atoms with Gasteiger partial charge < -0.3 is 14.7 Å². The lowest BCUT2D eigenvalue weighted by Crippen LogP contribution is -2.61. The number of hydrogen-bond acceptors (Lipinski definition) is 3. The van der Waals surface area contributed by atoms with Crippen molar-refractivity contribution < 1.29 is 0 Å². The molecule has 2 aliphatic heterocycles. The van der Waals surface area contributed by atoms with Crippen LogP contribution in [0.1, 0.15) is 116 Å². The van der Waals surface area contributed by atoms with Gasteiger partial charge in [-0.25, -0.2) is 0 Å². The maximum absolute atomic E-state index is 2.59. The van der Waals surface area contributed by atoms with E-state index in [4.69, 9.17) is 0 Å². The average Bonchev–Trinajstić information content (AvgIpc) is 3.35. The van der Waals surface area contributed by atoms with Gasteiger partial charge in [0.15, 0.2) is 0 Å². The van der Waals surface area contributed by atoms with Crippen LogP contribution >= 0.6 is 0 Å². The van der Waals surface area contributed by atoms with E-state index in [0.29, 0.717) is 0 Å². The summed E-state index contributed by atoms with van der Waals surface area (Å²) in [6.07, 6.45) is 0. The highest BCUT2D eigenvalue weighted by Gasteiger charge is 2.45. The predicted octanol–water partition coefficient (Wildman–Crippen LogP) is 17.9. The molecule has 0 atom stereocenters. The number of anilines is 9. The molecule has 0 fully saturated rings. The summed E-state index contributed by atoms with van der Waals surface area (Å²) >= 11 is 0. The lowest BCUT2D eigenvalue weighted by Gasteiger charge is -2.45. The maximum atomic E-state index is 2.59. The molecule has 2 aliphatic rings. The van der Waals surface area contributed by atoms with Gasteiger partial charge in [-0.3, -0.25) is 0 Å². The molecule has 0 radical (unpaired) electrons. The Morgan fingerprint density at radius 1 is 0.378 bits per heavy atom. The van der Waals surface area contributed by atoms with Crippen LogP contribution in [0.15, 0.2) is 182 Å². The van der Waals surface area contributed by atoms with E-state index in [1.54, 1.807) is 0 Å². The zero-order chi connectivity index (χ0) is 52.2. The van der Waals surface area contributed by atoms with Crippen molar-refractivity contribution in [3.8, 4) is 11.1 Å². The van der Waals surface area contributed by atoms with Gasteiger partial charge in [0.25, 0.3) is 6.71 Å². The number of hydrogen-bond donors (Lipinski definition) is 0. The summed E-state index contributed by atoms with van der Waals surface area (Å²) in [5.41, 5.74) is 24.4. The van der Waals surface area contributed by atoms with Crippen molar-refractivity contribution in [2.45, 2.75) is 119 Å². The van der Waals surface area contributed by atoms with Crippen LogP contribution in [0.3, 0.4) is 0 Å². The van der Waals surface area contributed by atoms with Crippen molar-refractivity contribution in [1.29, 1.82) is 0 Å². The van der Waals surface area contributed by atoms with Gasteiger partial charge >= 0.3 is 0 Å². The van der Waals surface area contributed by atoms with E-state index in [2.05, 4.69) is 294 Å². The van der Waals surface area contributed by atoms with Crippen LogP contribution in [0.5, 0.6) is 0 Å². The topological polar surface area (TPSA) is 9.72 Å². The van der Waals surface area contributed by atoms with Gasteiger partial charge in [0, 0.05) is 45.1 Å². The van der Waals surface area contributed by atoms with Gasteiger partial charge in [-0.15, -0.1) is 0 Å². The third-order valence-electron chi connectivity index (χ3n) is 15.7. The number of aryl methyl sites for hydroxylation is 2. The Morgan fingerprint density at radius 2 is 0.811 bits per heavy atom. The number of para-hydroxylation sites is 1. The van der Waals surface area contributed by atoms with Gasteiger partial charge in [-0.1, -0.05) is 216 Å². The van der Waals surface area contributed by atoms with Gasteiger partial charge in [0.1, 0.15) is 0 Å². The summed E-state index contributed by atoms with van der Waals surface area (Å²) in [4.78, 5) is 7.73. The first-order valence-corrected chi connectivity index (χ1v) is 26.8. The molecule has 9 aromatic rings. The monoisotopic (exact) mass is 966 g/mol. The Bertz CT molecular complexity index is 3460. The summed E-state index contributed by atoms with van der Waals surface area (Å²) in [6.45, 7) is 32.3. The molecule has 4 heteroatoms. The fourth-order valence-corrected chi connectivity index (χ4v) is 11.7. The standard InChI is InChI=1S/C70H72BN3/c1-45-38-46(2)40-48(39-45)57-23-17-18-24-60(57)74(61-25-19-21-47-20-15-16-22-56(47)61)55-43-64-66-65(44-55)73(54-34-28-50(29-35-54)68(6,7)8)63-37-31-52(70(12,13)14)42-59(63)71(66)58-41-51(69(9,10)11)30-36-62(58)72(64)53-32-26-49(27-33-53)67(3,4)5/h15-44H,1-14H3. The lowest BCUT2D eigenvalue weighted by atomic mass is 9.33. The molecular weight excluding hydrogens is 894 g/mol. The Kier molecular flexibility index (Phi) is 11.7. The molecular formula is C70H72BN3. The van der Waals surface area contributed by atoms with E-state index in [1.807, 2.05) is 0 Å². The average molecular weight is 966 g/mol. The zero-order valence-electron chi connectivity index (χ0n) is 46.2. The fourth-order valence-electron chi connectivity index (χ4n) is 11.7. The van der Waals surface area contributed by atoms with Gasteiger partial charge in [0.05, 0.1) is 17.1 Å². The molecule has 3 nitrogen and oxygen atoms in total. The molecule has 0 amide bonds. The van der Waals surface area contributed by atoms with Gasteiger partial charge in [-0.2, -0.15) is 0 Å². The minimum absolute atomic E-state index is 0.00379. The molecule has 0 unspecified atom stereocenters. The van der Waals surface area contributed by atoms with Crippen LogP contribution in [0.25, 0.3) is 21.9 Å². The molecule has 0 N–H and O–H groups in total. The summed E-state index contributed by atoms with van der Waals surface area (Å²) in [5, 5.41) is 2.39. The first-order valence-electron chi connectivity index (χ1n) is 26.8. The highest BCUT2D eigenvalue weighted by atomic mass is 15.2. The second-order valence-electron chi connectivity index (χ2n) is 25.4. The Balaban J connectivity index is 1.30. The van der Waals surface area contributed by atoms with E-state index in [-0.39, 0.29) is 28.4 Å². The summed E-state index contributed by atoms with van der Waals surface area (Å²) in [6, 6.07) is 70.1. The highest BCUT2D eigenvalue weighted by Crippen LogP contribution is 2.51. The van der Waals surface area contributed by atoms with E-state index in [1.165, 1.54) is 94.4 Å². The van der Waals surface area contributed by atoms with E-state index in [0.717, 1.165) is 28.4 Å². The van der Waals surface area contributed by atoms with E-state index < -0.39 is 0 Å². The molecule has 9 aromatic carbocycles. The van der Waals surface area contributed by atoms with Crippen molar-refractivity contribution >= 4 is 85.1 Å². The Morgan fingerprint density at radius 3 is 1.31 bits per heavy atom. The fraction of sp³-hybridized carbons (Fsp3) is 0.257. The number of rotatable bonds is 6. The van der Waals surface area contributed by atoms with Crippen LogP contribution in [-0.4, -0.2) is 6.71 Å². The van der Waals surface area contributed by atoms with Crippen molar-refractivity contribution in [3.63, 3.8) is 0 Å². The van der Waals surface area contributed by atoms with Crippen LogP contribution in [0, 0.1) is 13.8 Å². The SMILES string of the molecule is Cc1cc(C)cc(-c2ccccc2N(c2cc3c4c(c2)N(c2ccc(C(C)(C)C)cc2)c2ccc(C(C)(C)C)cc2B4c2cc(C(C)(C)C)ccc2N3c2ccc(C(C)(C)C)cc2)c2cccc3ccccc23)c1. The minimum Gasteiger partial charge on any atom is -0.311 e. The van der Waals surface area contributed by atoms with Crippen molar-refractivity contribution in [2.24, 2.45) is 0 Å². The van der Waals surface area contributed by atoms with Crippen LogP contribution in [0.4, 0.5) is 51.2 Å². The number of fused-ring (bicyclic) bond motifs is 5. The molecule has 370 valence electrons. The smallest absolute Gasteiger partial charge is 0.252 e. The van der Waals surface area contributed by atoms with Crippen LogP contribution < -0.4 is 31.1 Å². The zero-order valence-corrected chi connectivity index (χ0v) is 46.2. The van der Waals surface area contributed by atoms with Gasteiger partial charge in [0.2, 0.25) is 0 Å². The highest BCUT2D eigenvalue weighted by molar-refractivity contribution is 7.00. The van der Waals surface area contributed by atoms with Gasteiger partial charge in [-0.05, 0) is 146 Å². The Hall–Kier alpha value is -7.30. The van der Waals surface area contributed by atoms with Crippen molar-refractivity contribution in [1.82, 2.24) is 0 Å². The normalized spacial score (nSPS) is 13.5. The quantitative estimate of drug-likeness (QED) is 0.154. The van der Waals surface area contributed by atoms with Crippen molar-refractivity contribution in [2.75, 3.05) is 14.7 Å². The first kappa shape index (κ1) is 48.9. The molecule has 74 heavy (non-hydrogen) atoms. The molecule has 0 saturated heterocycles. The molecule has 0 aliphatic carbocycles. The minimum atomic E-state index is -0.0606. The third-order valence-corrected chi connectivity index (χ3v) is 15.7. The summed E-state index contributed by atoms with van der Waals surface area (Å²) in [5.74, 6) is 0. The number of benzene rings is 9. The molecule has 0 aromatic heterocycles. The first-order chi connectivity index (χ1) is 35.0. The van der Waals surface area contributed by atoms with E-state index >= 15 is 0 Å². The second-order valence-corrected chi connectivity index (χ2v) is 25.4.